The van der Waals surface area contributed by atoms with E-state index < -0.39 is 35.9 Å². The Hall–Kier alpha value is -4.51. The standard InChI is InChI=1S/C30H25F2NO8/c31-30(32)40-22-10-9-20(13-25(22)41-30)29(11-12-29)28(38)33-21-14-23(16-1-5-18(6-2-16)26(34)35)39-24(15-21)17-3-7-19(8-4-17)27(36)37/h1-10,13,21,23-24H,11-12,14-15H2,(H,33,38)(H,34,35)(H,36,37)/t21-,23+,24-. The third kappa shape index (κ3) is 5.20. The molecule has 3 aromatic rings. The third-order valence-corrected chi connectivity index (χ3v) is 7.86. The van der Waals surface area contributed by atoms with Crippen LogP contribution in [0.3, 0.4) is 0 Å². The van der Waals surface area contributed by atoms with Gasteiger partial charge in [-0.2, -0.15) is 0 Å². The van der Waals surface area contributed by atoms with Crippen LogP contribution in [-0.4, -0.2) is 40.4 Å². The summed E-state index contributed by atoms with van der Waals surface area (Å²) in [6.45, 7) is 0. The molecule has 0 bridgehead atoms. The van der Waals surface area contributed by atoms with E-state index >= 15 is 0 Å². The van der Waals surface area contributed by atoms with Crippen LogP contribution in [0.5, 0.6) is 11.5 Å². The maximum absolute atomic E-state index is 13.6. The summed E-state index contributed by atoms with van der Waals surface area (Å²) < 4.78 is 42.5. The zero-order valence-corrected chi connectivity index (χ0v) is 21.5. The summed E-state index contributed by atoms with van der Waals surface area (Å²) >= 11 is 0. The van der Waals surface area contributed by atoms with Crippen LogP contribution in [0.2, 0.25) is 0 Å². The Morgan fingerprint density at radius 1 is 0.756 bits per heavy atom. The highest BCUT2D eigenvalue weighted by Gasteiger charge is 2.53. The predicted molar refractivity (Wildman–Crippen MR) is 138 cm³/mol. The Morgan fingerprint density at radius 2 is 1.27 bits per heavy atom. The smallest absolute Gasteiger partial charge is 0.478 e. The number of amides is 1. The molecule has 0 unspecified atom stereocenters. The number of rotatable bonds is 7. The maximum Gasteiger partial charge on any atom is 0.586 e. The van der Waals surface area contributed by atoms with Crippen LogP contribution in [-0.2, 0) is 14.9 Å². The number of carbonyl (C=O) groups is 3. The van der Waals surface area contributed by atoms with E-state index in [0.29, 0.717) is 31.2 Å². The van der Waals surface area contributed by atoms with E-state index in [4.69, 9.17) is 4.74 Å². The lowest BCUT2D eigenvalue weighted by molar-refractivity contribution is -0.286. The van der Waals surface area contributed by atoms with E-state index in [2.05, 4.69) is 14.8 Å². The molecule has 0 spiro atoms. The molecule has 0 radical (unpaired) electrons. The summed E-state index contributed by atoms with van der Waals surface area (Å²) in [5.74, 6) is -2.55. The van der Waals surface area contributed by atoms with Gasteiger partial charge in [0.05, 0.1) is 28.7 Å². The second kappa shape index (κ2) is 9.84. The number of carboxylic acids is 2. The fourth-order valence-electron chi connectivity index (χ4n) is 5.49. The van der Waals surface area contributed by atoms with Gasteiger partial charge in [0.1, 0.15) is 0 Å². The number of nitrogens with one attached hydrogen (secondary N) is 1. The molecule has 1 saturated heterocycles. The minimum absolute atomic E-state index is 0.0899. The van der Waals surface area contributed by atoms with Crippen molar-refractivity contribution in [3.8, 4) is 11.5 Å². The lowest BCUT2D eigenvalue weighted by atomic mass is 9.89. The van der Waals surface area contributed by atoms with Gasteiger partial charge in [-0.25, -0.2) is 9.59 Å². The maximum atomic E-state index is 13.6. The number of halogens is 2. The summed E-state index contributed by atoms with van der Waals surface area (Å²) in [4.78, 5) is 36.3. The summed E-state index contributed by atoms with van der Waals surface area (Å²) in [7, 11) is 0. The first-order chi connectivity index (χ1) is 19.5. The number of ether oxygens (including phenoxy) is 3. The molecule has 3 N–H and O–H groups in total. The molecular formula is C30H25F2NO8. The van der Waals surface area contributed by atoms with Crippen LogP contribution in [0.25, 0.3) is 0 Å². The zero-order chi connectivity index (χ0) is 28.9. The lowest BCUT2D eigenvalue weighted by Gasteiger charge is -2.37. The minimum atomic E-state index is -3.75. The molecule has 41 heavy (non-hydrogen) atoms. The third-order valence-electron chi connectivity index (χ3n) is 7.86. The molecule has 11 heteroatoms. The first-order valence-corrected chi connectivity index (χ1v) is 13.1. The molecule has 3 aliphatic rings. The number of hydrogen-bond acceptors (Lipinski definition) is 6. The number of carboxylic acid groups (broad SMARTS) is 2. The second-order valence-corrected chi connectivity index (χ2v) is 10.5. The lowest BCUT2D eigenvalue weighted by Crippen LogP contribution is -2.45. The fraction of sp³-hybridized carbons (Fsp3) is 0.300. The quantitative estimate of drug-likeness (QED) is 0.356. The Morgan fingerprint density at radius 3 is 1.76 bits per heavy atom. The summed E-state index contributed by atoms with van der Waals surface area (Å²) in [6.07, 6.45) is -2.82. The number of hydrogen-bond donors (Lipinski definition) is 3. The summed E-state index contributed by atoms with van der Waals surface area (Å²) in [5.41, 5.74) is 1.41. The van der Waals surface area contributed by atoms with E-state index in [1.807, 2.05) is 0 Å². The van der Waals surface area contributed by atoms with Crippen molar-refractivity contribution in [2.24, 2.45) is 0 Å². The van der Waals surface area contributed by atoms with Gasteiger partial charge in [0.25, 0.3) is 0 Å². The molecule has 1 aliphatic carbocycles. The van der Waals surface area contributed by atoms with Crippen molar-refractivity contribution in [2.45, 2.75) is 55.6 Å². The van der Waals surface area contributed by atoms with Crippen molar-refractivity contribution in [3.05, 3.63) is 94.5 Å². The van der Waals surface area contributed by atoms with Crippen LogP contribution in [0.1, 0.15) is 75.3 Å². The molecule has 6 rings (SSSR count). The number of fused-ring (bicyclic) bond motifs is 1. The Kier molecular flexibility index (Phi) is 6.41. The molecule has 2 heterocycles. The van der Waals surface area contributed by atoms with Crippen LogP contribution < -0.4 is 14.8 Å². The highest BCUT2D eigenvalue weighted by Crippen LogP contribution is 2.52. The van der Waals surface area contributed by atoms with Gasteiger partial charge in [0, 0.05) is 6.04 Å². The molecule has 212 valence electrons. The number of alkyl halides is 2. The fourth-order valence-corrected chi connectivity index (χ4v) is 5.49. The first kappa shape index (κ1) is 26.7. The van der Waals surface area contributed by atoms with Gasteiger partial charge < -0.3 is 29.7 Å². The minimum Gasteiger partial charge on any atom is -0.478 e. The molecule has 3 aromatic carbocycles. The monoisotopic (exact) mass is 565 g/mol. The van der Waals surface area contributed by atoms with Gasteiger partial charge >= 0.3 is 18.2 Å². The van der Waals surface area contributed by atoms with Gasteiger partial charge in [-0.15, -0.1) is 8.78 Å². The highest BCUT2D eigenvalue weighted by atomic mass is 19.3. The number of benzene rings is 3. The molecule has 9 nitrogen and oxygen atoms in total. The Balaban J connectivity index is 1.24. The summed E-state index contributed by atoms with van der Waals surface area (Å²) in [5, 5.41) is 21.7. The predicted octanol–water partition coefficient (Wildman–Crippen LogP) is 5.21. The van der Waals surface area contributed by atoms with Crippen molar-refractivity contribution in [1.29, 1.82) is 0 Å². The van der Waals surface area contributed by atoms with Crippen LogP contribution >= 0.6 is 0 Å². The molecule has 0 aromatic heterocycles. The number of aromatic carboxylic acids is 2. The van der Waals surface area contributed by atoms with Crippen LogP contribution in [0, 0.1) is 0 Å². The van der Waals surface area contributed by atoms with Crippen molar-refractivity contribution in [1.82, 2.24) is 5.32 Å². The van der Waals surface area contributed by atoms with E-state index in [1.54, 1.807) is 30.3 Å². The van der Waals surface area contributed by atoms with Gasteiger partial charge in [-0.1, -0.05) is 30.3 Å². The van der Waals surface area contributed by atoms with Crippen LogP contribution in [0.15, 0.2) is 66.7 Å². The average Bonchev–Trinajstić information content (AvgIpc) is 3.70. The average molecular weight is 566 g/mol. The summed E-state index contributed by atoms with van der Waals surface area (Å²) in [6, 6.07) is 16.7. The molecule has 2 fully saturated rings. The van der Waals surface area contributed by atoms with Gasteiger partial charge in [0.15, 0.2) is 11.5 Å². The van der Waals surface area contributed by atoms with Gasteiger partial charge in [-0.3, -0.25) is 4.79 Å². The van der Waals surface area contributed by atoms with E-state index in [0.717, 1.165) is 11.1 Å². The van der Waals surface area contributed by atoms with Crippen molar-refractivity contribution < 1.29 is 47.6 Å². The molecule has 1 amide bonds. The van der Waals surface area contributed by atoms with Crippen molar-refractivity contribution in [3.63, 3.8) is 0 Å². The van der Waals surface area contributed by atoms with E-state index in [9.17, 15) is 33.4 Å². The van der Waals surface area contributed by atoms with Crippen LogP contribution in [0.4, 0.5) is 8.78 Å². The Bertz CT molecular complexity index is 1450. The molecule has 2 aliphatic heterocycles. The normalized spacial score (nSPS) is 23.4. The van der Waals surface area contributed by atoms with Crippen molar-refractivity contribution >= 4 is 17.8 Å². The molecule has 1 saturated carbocycles. The largest absolute Gasteiger partial charge is 0.586 e. The SMILES string of the molecule is O=C(O)c1ccc([C@@H]2C[C@@H](NC(=O)C3(c4ccc5c(c4)OC(F)(F)O5)CC3)C[C@H](c3ccc(C(=O)O)cc3)O2)cc1. The van der Waals surface area contributed by atoms with E-state index in [-0.39, 0.29) is 34.6 Å². The molecule has 3 atom stereocenters. The zero-order valence-electron chi connectivity index (χ0n) is 21.5. The first-order valence-electron chi connectivity index (χ1n) is 13.1. The topological polar surface area (TPSA) is 131 Å². The molecular weight excluding hydrogens is 540 g/mol. The number of carbonyl (C=O) groups excluding carboxylic acids is 1. The van der Waals surface area contributed by atoms with E-state index in [1.165, 1.54) is 36.4 Å². The highest BCUT2D eigenvalue weighted by molar-refractivity contribution is 5.92. The Labute approximate surface area is 232 Å². The van der Waals surface area contributed by atoms with Crippen molar-refractivity contribution in [2.75, 3.05) is 0 Å². The van der Waals surface area contributed by atoms with Gasteiger partial charge in [-0.05, 0) is 78.8 Å². The van der Waals surface area contributed by atoms with Gasteiger partial charge in [0.2, 0.25) is 5.91 Å². The second-order valence-electron chi connectivity index (χ2n) is 10.5.